The summed E-state index contributed by atoms with van der Waals surface area (Å²) in [7, 11) is -2.78. The molecule has 9 heteroatoms. The van der Waals surface area contributed by atoms with Gasteiger partial charge in [0.2, 0.25) is 0 Å². The number of allylic oxidation sites excluding steroid dienone is 1. The van der Waals surface area contributed by atoms with Crippen LogP contribution in [0.2, 0.25) is 5.02 Å². The number of ether oxygens (including phenoxy) is 1. The van der Waals surface area contributed by atoms with E-state index in [2.05, 4.69) is 11.9 Å². The quantitative estimate of drug-likeness (QED) is 0.180. The van der Waals surface area contributed by atoms with Gasteiger partial charge in [-0.15, -0.1) is 6.58 Å². The largest absolute Gasteiger partial charge is 0.493 e. The zero-order valence-corrected chi connectivity index (χ0v) is 20.3. The lowest BCUT2D eigenvalue weighted by Crippen LogP contribution is -2.14. The second-order valence-electron chi connectivity index (χ2n) is 7.16. The average Bonchev–Trinajstić information content (AvgIpc) is 2.85. The minimum atomic E-state index is -4.14. The van der Waals surface area contributed by atoms with E-state index in [0.717, 1.165) is 0 Å². The molecule has 3 aromatic carbocycles. The summed E-state index contributed by atoms with van der Waals surface area (Å²) in [4.78, 5) is 12.6. The van der Waals surface area contributed by atoms with Gasteiger partial charge in [0.05, 0.1) is 17.8 Å². The minimum absolute atomic E-state index is 0.00701. The van der Waals surface area contributed by atoms with Crippen LogP contribution in [0.1, 0.15) is 11.1 Å². The predicted octanol–water partition coefficient (Wildman–Crippen LogP) is 5.39. The van der Waals surface area contributed by atoms with Crippen molar-refractivity contribution < 1.29 is 22.1 Å². The minimum Gasteiger partial charge on any atom is -0.493 e. The first kappa shape index (κ1) is 25.6. The predicted molar refractivity (Wildman–Crippen MR) is 135 cm³/mol. The summed E-state index contributed by atoms with van der Waals surface area (Å²) in [6, 6.07) is 19.3. The zero-order valence-electron chi connectivity index (χ0n) is 18.7. The molecule has 1 amide bonds. The van der Waals surface area contributed by atoms with Gasteiger partial charge >= 0.3 is 10.1 Å². The Balaban J connectivity index is 2.00. The lowest BCUT2D eigenvalue weighted by molar-refractivity contribution is -0.112. The van der Waals surface area contributed by atoms with Gasteiger partial charge in [-0.25, -0.2) is 0 Å². The molecule has 0 aliphatic carbocycles. The molecule has 3 rings (SSSR count). The maximum Gasteiger partial charge on any atom is 0.339 e. The maximum atomic E-state index is 12.8. The van der Waals surface area contributed by atoms with E-state index in [1.165, 1.54) is 31.4 Å². The second kappa shape index (κ2) is 11.4. The topological polar surface area (TPSA) is 105 Å². The Morgan fingerprint density at radius 1 is 1.14 bits per heavy atom. The van der Waals surface area contributed by atoms with Crippen molar-refractivity contribution in [3.8, 4) is 17.6 Å². The summed E-state index contributed by atoms with van der Waals surface area (Å²) in [5.74, 6) is -0.553. The molecule has 0 heterocycles. The van der Waals surface area contributed by atoms with Crippen LogP contribution in [-0.2, 0) is 21.3 Å². The summed E-state index contributed by atoms with van der Waals surface area (Å²) in [5.41, 5.74) is 1.03. The molecule has 0 aliphatic rings. The number of benzene rings is 3. The van der Waals surface area contributed by atoms with E-state index in [9.17, 15) is 18.5 Å². The third-order valence-corrected chi connectivity index (χ3v) is 6.33. The van der Waals surface area contributed by atoms with E-state index in [1.807, 2.05) is 6.07 Å². The first-order valence-electron chi connectivity index (χ1n) is 10.3. The average molecular weight is 509 g/mol. The van der Waals surface area contributed by atoms with Crippen LogP contribution in [0.5, 0.6) is 11.5 Å². The number of nitrogens with zero attached hydrogens (tertiary/aromatic N) is 1. The highest BCUT2D eigenvalue weighted by molar-refractivity contribution is 7.87. The Morgan fingerprint density at radius 2 is 1.83 bits per heavy atom. The fourth-order valence-electron chi connectivity index (χ4n) is 3.13. The van der Waals surface area contributed by atoms with Crippen molar-refractivity contribution in [3.05, 3.63) is 101 Å². The number of nitrogens with one attached hydrogen (secondary N) is 1. The molecule has 0 atom stereocenters. The highest BCUT2D eigenvalue weighted by atomic mass is 35.5. The standard InChI is InChI=1S/C26H21ClN2O5S/c1-3-9-19-14-18(15-20(17-28)26(30)29-23-13-8-7-12-22(23)27)16-24(33-2)25(19)34-35(31,32)21-10-5-4-6-11-21/h3-8,10-16H,1,9H2,2H3,(H,29,30)/b20-15+. The van der Waals surface area contributed by atoms with Gasteiger partial charge in [-0.1, -0.05) is 48.0 Å². The van der Waals surface area contributed by atoms with E-state index in [1.54, 1.807) is 54.6 Å². The zero-order chi connectivity index (χ0) is 25.4. The molecule has 0 radical (unpaired) electrons. The molecular formula is C26H21ClN2O5S. The molecule has 35 heavy (non-hydrogen) atoms. The van der Waals surface area contributed by atoms with Crippen LogP contribution in [0.15, 0.2) is 89.9 Å². The van der Waals surface area contributed by atoms with Crippen LogP contribution >= 0.6 is 11.6 Å². The number of rotatable bonds is 9. The molecule has 0 unspecified atom stereocenters. The van der Waals surface area contributed by atoms with E-state index in [0.29, 0.717) is 21.8 Å². The fraction of sp³-hybridized carbons (Fsp3) is 0.0769. The van der Waals surface area contributed by atoms with Gasteiger partial charge in [0.25, 0.3) is 5.91 Å². The third-order valence-electron chi connectivity index (χ3n) is 4.76. The van der Waals surface area contributed by atoms with Crippen LogP contribution < -0.4 is 14.2 Å². The lowest BCUT2D eigenvalue weighted by atomic mass is 10.0. The Kier molecular flexibility index (Phi) is 8.31. The van der Waals surface area contributed by atoms with Crippen molar-refractivity contribution in [1.29, 1.82) is 5.26 Å². The molecule has 0 aromatic heterocycles. The van der Waals surface area contributed by atoms with E-state index in [-0.39, 0.29) is 28.4 Å². The smallest absolute Gasteiger partial charge is 0.339 e. The third kappa shape index (κ3) is 6.29. The Labute approximate surface area is 209 Å². The number of halogens is 1. The van der Waals surface area contributed by atoms with Gasteiger partial charge in [0.15, 0.2) is 11.5 Å². The molecule has 0 spiro atoms. The van der Waals surface area contributed by atoms with Gasteiger partial charge in [0, 0.05) is 5.56 Å². The number of amides is 1. The number of carbonyl (C=O) groups excluding carboxylic acids is 1. The van der Waals surface area contributed by atoms with Gasteiger partial charge in [0.1, 0.15) is 16.5 Å². The summed E-state index contributed by atoms with van der Waals surface area (Å²) in [5, 5.41) is 12.5. The van der Waals surface area contributed by atoms with Gasteiger partial charge in [-0.05, 0) is 54.5 Å². The van der Waals surface area contributed by atoms with E-state index in [4.69, 9.17) is 20.5 Å². The van der Waals surface area contributed by atoms with Gasteiger partial charge in [-0.3, -0.25) is 4.79 Å². The number of carbonyl (C=O) groups is 1. The van der Waals surface area contributed by atoms with Crippen molar-refractivity contribution in [2.24, 2.45) is 0 Å². The number of nitriles is 1. The Bertz CT molecular complexity index is 1430. The molecule has 0 saturated carbocycles. The molecular weight excluding hydrogens is 488 g/mol. The van der Waals surface area contributed by atoms with Crippen LogP contribution in [0.25, 0.3) is 6.08 Å². The number of anilines is 1. The van der Waals surface area contributed by atoms with Crippen molar-refractivity contribution >= 4 is 39.4 Å². The highest BCUT2D eigenvalue weighted by Gasteiger charge is 2.22. The van der Waals surface area contributed by atoms with Crippen LogP contribution in [0.3, 0.4) is 0 Å². The molecule has 7 nitrogen and oxygen atoms in total. The van der Waals surface area contributed by atoms with Crippen LogP contribution in [-0.4, -0.2) is 21.4 Å². The Morgan fingerprint density at radius 3 is 2.46 bits per heavy atom. The maximum absolute atomic E-state index is 12.8. The lowest BCUT2D eigenvalue weighted by Gasteiger charge is -2.15. The molecule has 0 saturated heterocycles. The van der Waals surface area contributed by atoms with Crippen molar-refractivity contribution in [1.82, 2.24) is 0 Å². The SMILES string of the molecule is C=CCc1cc(/C=C(\C#N)C(=O)Nc2ccccc2Cl)cc(OC)c1OS(=O)(=O)c1ccccc1. The normalized spacial score (nSPS) is 11.3. The van der Waals surface area contributed by atoms with Crippen molar-refractivity contribution in [2.45, 2.75) is 11.3 Å². The first-order chi connectivity index (χ1) is 16.8. The first-order valence-corrected chi connectivity index (χ1v) is 12.1. The molecule has 1 N–H and O–H groups in total. The van der Waals surface area contributed by atoms with Crippen LogP contribution in [0.4, 0.5) is 5.69 Å². The van der Waals surface area contributed by atoms with Gasteiger partial charge in [-0.2, -0.15) is 13.7 Å². The number of hydrogen-bond donors (Lipinski definition) is 1. The Hall–Kier alpha value is -4.06. The van der Waals surface area contributed by atoms with E-state index < -0.39 is 16.0 Å². The molecule has 0 fully saturated rings. The number of methoxy groups -OCH3 is 1. The number of para-hydroxylation sites is 1. The van der Waals surface area contributed by atoms with Crippen LogP contribution in [0, 0.1) is 11.3 Å². The summed E-state index contributed by atoms with van der Waals surface area (Å²) in [6.07, 6.45) is 3.17. The second-order valence-corrected chi connectivity index (χ2v) is 9.11. The summed E-state index contributed by atoms with van der Waals surface area (Å²) < 4.78 is 36.4. The number of hydrogen-bond acceptors (Lipinski definition) is 6. The van der Waals surface area contributed by atoms with E-state index >= 15 is 0 Å². The van der Waals surface area contributed by atoms with Crippen molar-refractivity contribution in [2.75, 3.05) is 12.4 Å². The van der Waals surface area contributed by atoms with Gasteiger partial charge < -0.3 is 14.2 Å². The molecule has 3 aromatic rings. The summed E-state index contributed by atoms with van der Waals surface area (Å²) in [6.45, 7) is 3.71. The monoisotopic (exact) mass is 508 g/mol. The summed E-state index contributed by atoms with van der Waals surface area (Å²) >= 11 is 6.08. The van der Waals surface area contributed by atoms with Crippen molar-refractivity contribution in [3.63, 3.8) is 0 Å². The molecule has 0 bridgehead atoms. The molecule has 0 aliphatic heterocycles. The fourth-order valence-corrected chi connectivity index (χ4v) is 4.31. The molecule has 178 valence electrons. The highest BCUT2D eigenvalue weighted by Crippen LogP contribution is 2.36.